The Morgan fingerprint density at radius 1 is 1.50 bits per heavy atom. The molecule has 84 valence electrons. The van der Waals surface area contributed by atoms with Gasteiger partial charge in [-0.05, 0) is 31.0 Å². The molecule has 0 spiro atoms. The van der Waals surface area contributed by atoms with E-state index in [0.717, 1.165) is 25.1 Å². The first-order valence-corrected chi connectivity index (χ1v) is 5.71. The highest BCUT2D eigenvalue weighted by Gasteiger charge is 2.19. The SMILES string of the molecule is N#Cc1ccc(N2CCC[C@H](O)C2)c(Cl)c1. The van der Waals surface area contributed by atoms with E-state index in [1.165, 1.54) is 0 Å². The van der Waals surface area contributed by atoms with Crippen LogP contribution >= 0.6 is 11.6 Å². The van der Waals surface area contributed by atoms with Gasteiger partial charge in [0, 0.05) is 13.1 Å². The Balaban J connectivity index is 2.23. The van der Waals surface area contributed by atoms with E-state index in [1.807, 2.05) is 6.07 Å². The normalized spacial score (nSPS) is 20.6. The molecule has 0 radical (unpaired) electrons. The first kappa shape index (κ1) is 11.3. The van der Waals surface area contributed by atoms with Gasteiger partial charge in [-0.3, -0.25) is 0 Å². The van der Waals surface area contributed by atoms with E-state index < -0.39 is 0 Å². The van der Waals surface area contributed by atoms with Crippen LogP contribution in [0.3, 0.4) is 0 Å². The van der Waals surface area contributed by atoms with Crippen molar-refractivity contribution in [1.82, 2.24) is 0 Å². The van der Waals surface area contributed by atoms with Crippen LogP contribution in [-0.2, 0) is 0 Å². The molecule has 2 rings (SSSR count). The van der Waals surface area contributed by atoms with Gasteiger partial charge < -0.3 is 10.0 Å². The van der Waals surface area contributed by atoms with Gasteiger partial charge in [-0.15, -0.1) is 0 Å². The number of nitrogens with zero attached hydrogens (tertiary/aromatic N) is 2. The zero-order valence-electron chi connectivity index (χ0n) is 8.86. The summed E-state index contributed by atoms with van der Waals surface area (Å²) in [5.74, 6) is 0. The van der Waals surface area contributed by atoms with Gasteiger partial charge >= 0.3 is 0 Å². The maximum absolute atomic E-state index is 9.60. The summed E-state index contributed by atoms with van der Waals surface area (Å²) in [5, 5.41) is 18.9. The second-order valence-electron chi connectivity index (χ2n) is 4.02. The highest BCUT2D eigenvalue weighted by atomic mass is 35.5. The van der Waals surface area contributed by atoms with Gasteiger partial charge in [-0.25, -0.2) is 0 Å². The van der Waals surface area contributed by atoms with Crippen molar-refractivity contribution >= 4 is 17.3 Å². The quantitative estimate of drug-likeness (QED) is 0.813. The molecule has 1 aromatic carbocycles. The predicted molar refractivity (Wildman–Crippen MR) is 63.6 cm³/mol. The minimum absolute atomic E-state index is 0.277. The number of aliphatic hydroxyl groups excluding tert-OH is 1. The number of rotatable bonds is 1. The Morgan fingerprint density at radius 3 is 2.94 bits per heavy atom. The molecular formula is C12H13ClN2O. The molecule has 1 aliphatic heterocycles. The molecule has 16 heavy (non-hydrogen) atoms. The summed E-state index contributed by atoms with van der Waals surface area (Å²) in [6.45, 7) is 1.52. The Morgan fingerprint density at radius 2 is 2.31 bits per heavy atom. The second kappa shape index (κ2) is 4.73. The summed E-state index contributed by atoms with van der Waals surface area (Å²) in [5.41, 5.74) is 1.46. The minimum atomic E-state index is -0.277. The lowest BCUT2D eigenvalue weighted by Crippen LogP contribution is -2.38. The molecule has 0 amide bonds. The molecule has 3 nitrogen and oxygen atoms in total. The van der Waals surface area contributed by atoms with E-state index in [4.69, 9.17) is 16.9 Å². The van der Waals surface area contributed by atoms with Crippen LogP contribution in [0.15, 0.2) is 18.2 Å². The monoisotopic (exact) mass is 236 g/mol. The molecule has 0 bridgehead atoms. The number of halogens is 1. The van der Waals surface area contributed by atoms with Crippen LogP contribution < -0.4 is 4.90 Å². The lowest BCUT2D eigenvalue weighted by atomic mass is 10.1. The molecule has 1 fully saturated rings. The Hall–Kier alpha value is -1.24. The molecule has 1 aromatic rings. The number of hydrogen-bond acceptors (Lipinski definition) is 3. The third-order valence-electron chi connectivity index (χ3n) is 2.81. The molecule has 1 N–H and O–H groups in total. The van der Waals surface area contributed by atoms with Crippen molar-refractivity contribution in [3.8, 4) is 6.07 Å². The summed E-state index contributed by atoms with van der Waals surface area (Å²) in [7, 11) is 0. The lowest BCUT2D eigenvalue weighted by Gasteiger charge is -2.32. The van der Waals surface area contributed by atoms with Crippen molar-refractivity contribution in [2.24, 2.45) is 0 Å². The summed E-state index contributed by atoms with van der Waals surface area (Å²) >= 11 is 6.11. The first-order valence-electron chi connectivity index (χ1n) is 5.33. The highest BCUT2D eigenvalue weighted by Crippen LogP contribution is 2.29. The fourth-order valence-electron chi connectivity index (χ4n) is 2.01. The fraction of sp³-hybridized carbons (Fsp3) is 0.417. The van der Waals surface area contributed by atoms with E-state index in [0.29, 0.717) is 17.1 Å². The van der Waals surface area contributed by atoms with E-state index >= 15 is 0 Å². The van der Waals surface area contributed by atoms with E-state index in [9.17, 15) is 5.11 Å². The van der Waals surface area contributed by atoms with Gasteiger partial charge in [-0.2, -0.15) is 5.26 Å². The molecule has 0 saturated carbocycles. The van der Waals surface area contributed by atoms with Crippen molar-refractivity contribution in [3.63, 3.8) is 0 Å². The van der Waals surface area contributed by atoms with Gasteiger partial charge in [-0.1, -0.05) is 11.6 Å². The van der Waals surface area contributed by atoms with Crippen molar-refractivity contribution in [3.05, 3.63) is 28.8 Å². The van der Waals surface area contributed by atoms with Crippen LogP contribution in [0, 0.1) is 11.3 Å². The van der Waals surface area contributed by atoms with Crippen LogP contribution in [0.4, 0.5) is 5.69 Å². The van der Waals surface area contributed by atoms with Crippen LogP contribution in [0.25, 0.3) is 0 Å². The highest BCUT2D eigenvalue weighted by molar-refractivity contribution is 6.33. The molecule has 1 aliphatic rings. The molecule has 0 aliphatic carbocycles. The zero-order chi connectivity index (χ0) is 11.5. The third kappa shape index (κ3) is 2.29. The molecule has 0 aromatic heterocycles. The number of hydrogen-bond donors (Lipinski definition) is 1. The molecule has 4 heteroatoms. The van der Waals surface area contributed by atoms with E-state index in [-0.39, 0.29) is 6.10 Å². The zero-order valence-corrected chi connectivity index (χ0v) is 9.61. The maximum Gasteiger partial charge on any atom is 0.0992 e. The average molecular weight is 237 g/mol. The third-order valence-corrected chi connectivity index (χ3v) is 3.12. The molecular weight excluding hydrogens is 224 g/mol. The van der Waals surface area contributed by atoms with E-state index in [1.54, 1.807) is 12.1 Å². The smallest absolute Gasteiger partial charge is 0.0992 e. The van der Waals surface area contributed by atoms with Crippen LogP contribution in [0.2, 0.25) is 5.02 Å². The second-order valence-corrected chi connectivity index (χ2v) is 4.43. The van der Waals surface area contributed by atoms with Crippen LogP contribution in [-0.4, -0.2) is 24.3 Å². The lowest BCUT2D eigenvalue weighted by molar-refractivity contribution is 0.154. The van der Waals surface area contributed by atoms with Crippen LogP contribution in [0.1, 0.15) is 18.4 Å². The summed E-state index contributed by atoms with van der Waals surface area (Å²) < 4.78 is 0. The molecule has 1 atom stereocenters. The number of anilines is 1. The number of aliphatic hydroxyl groups is 1. The van der Waals surface area contributed by atoms with Gasteiger partial charge in [0.1, 0.15) is 0 Å². The Kier molecular flexibility index (Phi) is 3.33. The van der Waals surface area contributed by atoms with Gasteiger partial charge in [0.15, 0.2) is 0 Å². The largest absolute Gasteiger partial charge is 0.391 e. The average Bonchev–Trinajstić information content (AvgIpc) is 2.28. The Bertz CT molecular complexity index is 428. The van der Waals surface area contributed by atoms with Crippen molar-refractivity contribution in [2.75, 3.05) is 18.0 Å². The predicted octanol–water partition coefficient (Wildman–Crippen LogP) is 2.17. The van der Waals surface area contributed by atoms with Crippen LogP contribution in [0.5, 0.6) is 0 Å². The number of β-amino-alcohol motifs (C(OH)–C–C–N with tert-alkyl or cyclic N) is 1. The fourth-order valence-corrected chi connectivity index (χ4v) is 2.31. The van der Waals surface area contributed by atoms with E-state index in [2.05, 4.69) is 11.0 Å². The van der Waals surface area contributed by atoms with Gasteiger partial charge in [0.2, 0.25) is 0 Å². The maximum atomic E-state index is 9.60. The van der Waals surface area contributed by atoms with Crippen molar-refractivity contribution < 1.29 is 5.11 Å². The van der Waals surface area contributed by atoms with Crippen molar-refractivity contribution in [1.29, 1.82) is 5.26 Å². The summed E-state index contributed by atoms with van der Waals surface area (Å²) in [6.07, 6.45) is 1.54. The van der Waals surface area contributed by atoms with Crippen molar-refractivity contribution in [2.45, 2.75) is 18.9 Å². The number of nitriles is 1. The molecule has 0 unspecified atom stereocenters. The standard InChI is InChI=1S/C12H13ClN2O/c13-11-6-9(7-14)3-4-12(11)15-5-1-2-10(16)8-15/h3-4,6,10,16H,1-2,5,8H2/t10-/m0/s1. The summed E-state index contributed by atoms with van der Waals surface area (Å²) in [6, 6.07) is 7.32. The Labute approximate surface area is 99.9 Å². The number of piperidine rings is 1. The summed E-state index contributed by atoms with van der Waals surface area (Å²) in [4.78, 5) is 2.07. The van der Waals surface area contributed by atoms with Gasteiger partial charge in [0.05, 0.1) is 28.4 Å². The topological polar surface area (TPSA) is 47.3 Å². The molecule has 1 saturated heterocycles. The minimum Gasteiger partial charge on any atom is -0.391 e. The number of benzene rings is 1. The first-order chi connectivity index (χ1) is 7.70. The molecule has 1 heterocycles. The van der Waals surface area contributed by atoms with Gasteiger partial charge in [0.25, 0.3) is 0 Å².